The van der Waals surface area contributed by atoms with Crippen molar-refractivity contribution in [3.8, 4) is 0 Å². The average Bonchev–Trinajstić information content (AvgIpc) is 1.35. The van der Waals surface area contributed by atoms with Gasteiger partial charge >= 0.3 is 51.4 Å². The van der Waals surface area contributed by atoms with Crippen LogP contribution in [0.1, 0.15) is 6.92 Å². The van der Waals surface area contributed by atoms with Crippen LogP contribution in [0, 0.1) is 0 Å². The van der Waals surface area contributed by atoms with Crippen LogP contribution < -0.4 is 56.3 Å². The van der Waals surface area contributed by atoms with Crippen LogP contribution in [0.2, 0.25) is 0 Å². The maximum Gasteiger partial charge on any atom is 1.00 e. The molecular formula is C2H6KO3P. The first-order valence-electron chi connectivity index (χ1n) is 1.61. The first-order chi connectivity index (χ1) is 2.77. The van der Waals surface area contributed by atoms with E-state index in [2.05, 4.69) is 4.52 Å². The number of hydrogen-bond donors (Lipinski definition) is 0. The monoisotopic (exact) mass is 148 g/mol. The summed E-state index contributed by atoms with van der Waals surface area (Å²) >= 11 is 0. The zero-order valence-corrected chi connectivity index (χ0v) is 8.55. The molecular weight excluding hydrogens is 142 g/mol. The molecule has 5 heteroatoms. The van der Waals surface area contributed by atoms with E-state index in [1.54, 1.807) is 6.92 Å². The average molecular weight is 148 g/mol. The Morgan fingerprint density at radius 2 is 2.29 bits per heavy atom. The van der Waals surface area contributed by atoms with Crippen molar-refractivity contribution in [2.45, 2.75) is 6.92 Å². The van der Waals surface area contributed by atoms with Crippen LogP contribution in [0.15, 0.2) is 0 Å². The molecule has 0 fully saturated rings. The zero-order chi connectivity index (χ0) is 4.99. The first-order valence-corrected chi connectivity index (χ1v) is 2.83. The van der Waals surface area contributed by atoms with E-state index in [0.717, 1.165) is 0 Å². The second-order valence-electron chi connectivity index (χ2n) is 0.683. The molecule has 0 saturated heterocycles. The van der Waals surface area contributed by atoms with Crippen molar-refractivity contribution in [2.75, 3.05) is 6.61 Å². The Balaban J connectivity index is 0. The molecule has 0 aliphatic carbocycles. The maximum atomic E-state index is 9.45. The third kappa shape index (κ3) is 11.4. The van der Waals surface area contributed by atoms with Gasteiger partial charge in [0, 0.05) is 6.61 Å². The van der Waals surface area contributed by atoms with Gasteiger partial charge in [0.15, 0.2) is 0 Å². The van der Waals surface area contributed by atoms with Gasteiger partial charge in [-0.15, -0.1) is 0 Å². The molecule has 0 aromatic heterocycles. The van der Waals surface area contributed by atoms with Crippen LogP contribution >= 0.6 is 8.25 Å². The maximum absolute atomic E-state index is 9.45. The topological polar surface area (TPSA) is 49.4 Å². The van der Waals surface area contributed by atoms with Crippen molar-refractivity contribution >= 4 is 8.25 Å². The van der Waals surface area contributed by atoms with Gasteiger partial charge in [0.25, 0.3) is 0 Å². The first kappa shape index (κ1) is 11.6. The summed E-state index contributed by atoms with van der Waals surface area (Å²) < 4.78 is 13.5. The molecule has 0 heterocycles. The van der Waals surface area contributed by atoms with E-state index in [1.807, 2.05) is 0 Å². The molecule has 3 nitrogen and oxygen atoms in total. The van der Waals surface area contributed by atoms with Crippen LogP contribution in [0.25, 0.3) is 0 Å². The van der Waals surface area contributed by atoms with Gasteiger partial charge in [0.1, 0.15) is 8.25 Å². The summed E-state index contributed by atoms with van der Waals surface area (Å²) in [5.41, 5.74) is 0. The molecule has 38 valence electrons. The Kier molecular flexibility index (Phi) is 12.9. The largest absolute Gasteiger partial charge is 1.00 e. The van der Waals surface area contributed by atoms with E-state index in [9.17, 15) is 9.46 Å². The normalized spacial score (nSPS) is 12.3. The van der Waals surface area contributed by atoms with Crippen molar-refractivity contribution in [1.82, 2.24) is 0 Å². The molecule has 0 saturated carbocycles. The molecule has 0 rings (SSSR count). The fourth-order valence-electron chi connectivity index (χ4n) is 0.118. The molecule has 0 amide bonds. The minimum Gasteiger partial charge on any atom is -0.781 e. The van der Waals surface area contributed by atoms with Gasteiger partial charge in [0.05, 0.1) is 0 Å². The van der Waals surface area contributed by atoms with Crippen LogP contribution in [-0.2, 0) is 9.09 Å². The van der Waals surface area contributed by atoms with Gasteiger partial charge in [-0.2, -0.15) is 0 Å². The smallest absolute Gasteiger partial charge is 0.781 e. The van der Waals surface area contributed by atoms with Crippen LogP contribution in [0.5, 0.6) is 0 Å². The van der Waals surface area contributed by atoms with E-state index >= 15 is 0 Å². The molecule has 0 radical (unpaired) electrons. The zero-order valence-electron chi connectivity index (χ0n) is 4.43. The fourth-order valence-corrected chi connectivity index (χ4v) is 0.354. The Bertz CT molecular complexity index is 56.9. The van der Waals surface area contributed by atoms with E-state index in [1.165, 1.54) is 0 Å². The van der Waals surface area contributed by atoms with E-state index in [4.69, 9.17) is 0 Å². The third-order valence-corrected chi connectivity index (χ3v) is 0.787. The summed E-state index contributed by atoms with van der Waals surface area (Å²) in [6, 6.07) is 0. The van der Waals surface area contributed by atoms with Gasteiger partial charge < -0.3 is 14.0 Å². The third-order valence-electron chi connectivity index (χ3n) is 0.262. The van der Waals surface area contributed by atoms with E-state index in [-0.39, 0.29) is 58.0 Å². The summed E-state index contributed by atoms with van der Waals surface area (Å²) in [5.74, 6) is 0. The predicted molar refractivity (Wildman–Crippen MR) is 20.6 cm³/mol. The van der Waals surface area contributed by atoms with Crippen molar-refractivity contribution in [3.63, 3.8) is 0 Å². The van der Waals surface area contributed by atoms with Gasteiger partial charge in [-0.05, 0) is 6.92 Å². The quantitative estimate of drug-likeness (QED) is 0.306. The van der Waals surface area contributed by atoms with Gasteiger partial charge in [-0.3, -0.25) is 0 Å². The van der Waals surface area contributed by atoms with Crippen LogP contribution in [-0.4, -0.2) is 6.61 Å². The molecule has 0 bridgehead atoms. The minimum atomic E-state index is -2.89. The van der Waals surface area contributed by atoms with E-state index in [0.29, 0.717) is 0 Å². The minimum absolute atomic E-state index is 0. The Labute approximate surface area is 85.8 Å². The SMILES string of the molecule is CCO[PH](=O)[O-].[K+]. The van der Waals surface area contributed by atoms with Crippen LogP contribution in [0.4, 0.5) is 0 Å². The molecule has 7 heavy (non-hydrogen) atoms. The number of rotatable bonds is 2. The summed E-state index contributed by atoms with van der Waals surface area (Å²) in [4.78, 5) is 9.45. The summed E-state index contributed by atoms with van der Waals surface area (Å²) in [7, 11) is -2.89. The van der Waals surface area contributed by atoms with Gasteiger partial charge in [-0.1, -0.05) is 0 Å². The summed E-state index contributed by atoms with van der Waals surface area (Å²) in [5, 5.41) is 0. The second kappa shape index (κ2) is 7.79. The molecule has 0 spiro atoms. The Morgan fingerprint density at radius 3 is 2.29 bits per heavy atom. The van der Waals surface area contributed by atoms with Gasteiger partial charge in [-0.25, -0.2) is 0 Å². The molecule has 0 aliphatic heterocycles. The second-order valence-corrected chi connectivity index (χ2v) is 1.47. The van der Waals surface area contributed by atoms with Crippen molar-refractivity contribution in [3.05, 3.63) is 0 Å². The van der Waals surface area contributed by atoms with Crippen molar-refractivity contribution in [1.29, 1.82) is 0 Å². The Hall–Kier alpha value is 1.79. The number of hydrogen-bond acceptors (Lipinski definition) is 3. The molecule has 0 aliphatic rings. The van der Waals surface area contributed by atoms with Crippen LogP contribution in [0.3, 0.4) is 0 Å². The Morgan fingerprint density at radius 1 is 1.86 bits per heavy atom. The standard InChI is InChI=1S/C2H7O3P.K/c1-2-5-6(3)4;/h6H,2H2,1H3,(H,3,4);/q;+1/p-1. The summed E-state index contributed by atoms with van der Waals surface area (Å²) in [6.45, 7) is 1.88. The molecule has 0 aromatic carbocycles. The van der Waals surface area contributed by atoms with Crippen molar-refractivity contribution < 1.29 is 65.4 Å². The molecule has 0 aromatic rings. The molecule has 0 N–H and O–H groups in total. The van der Waals surface area contributed by atoms with Gasteiger partial charge in [0.2, 0.25) is 0 Å². The summed E-state index contributed by atoms with van der Waals surface area (Å²) in [6.07, 6.45) is 0. The fraction of sp³-hybridized carbons (Fsp3) is 1.00. The van der Waals surface area contributed by atoms with E-state index < -0.39 is 8.25 Å². The van der Waals surface area contributed by atoms with Crippen molar-refractivity contribution in [2.24, 2.45) is 0 Å². The molecule has 1 atom stereocenters. The molecule has 1 unspecified atom stereocenters. The predicted octanol–water partition coefficient (Wildman–Crippen LogP) is -3.22.